The van der Waals surface area contributed by atoms with Gasteiger partial charge in [-0.25, -0.2) is 4.39 Å². The van der Waals surface area contributed by atoms with E-state index in [0.717, 1.165) is 0 Å². The maximum atomic E-state index is 13.8. The summed E-state index contributed by atoms with van der Waals surface area (Å²) >= 11 is 0. The lowest BCUT2D eigenvalue weighted by molar-refractivity contribution is 0.102. The van der Waals surface area contributed by atoms with Gasteiger partial charge >= 0.3 is 0 Å². The van der Waals surface area contributed by atoms with Gasteiger partial charge in [0.2, 0.25) is 0 Å². The molecule has 0 spiro atoms. The van der Waals surface area contributed by atoms with Crippen LogP contribution in [0.5, 0.6) is 5.75 Å². The van der Waals surface area contributed by atoms with Crippen molar-refractivity contribution in [2.45, 2.75) is 6.92 Å². The summed E-state index contributed by atoms with van der Waals surface area (Å²) in [7, 11) is 0. The Morgan fingerprint density at radius 2 is 1.81 bits per heavy atom. The number of benzene rings is 2. The SMILES string of the molecule is CCOc1ccccc1NC(=O)c1cncc(Nc2ccccc2F)c1. The number of carbonyl (C=O) groups excluding carboxylic acids is 1. The predicted octanol–water partition coefficient (Wildman–Crippen LogP) is 4.62. The lowest BCUT2D eigenvalue weighted by Gasteiger charge is -2.12. The molecule has 1 heterocycles. The van der Waals surface area contributed by atoms with Crippen LogP contribution in [0.4, 0.5) is 21.5 Å². The highest BCUT2D eigenvalue weighted by atomic mass is 19.1. The zero-order valence-corrected chi connectivity index (χ0v) is 14.2. The third-order valence-corrected chi connectivity index (χ3v) is 3.59. The van der Waals surface area contributed by atoms with Gasteiger partial charge in [-0.3, -0.25) is 9.78 Å². The fourth-order valence-electron chi connectivity index (χ4n) is 2.40. The monoisotopic (exact) mass is 351 g/mol. The van der Waals surface area contributed by atoms with E-state index in [1.54, 1.807) is 36.4 Å². The number of nitrogens with one attached hydrogen (secondary N) is 2. The number of ether oxygens (including phenoxy) is 1. The molecule has 0 aliphatic rings. The minimum absolute atomic E-state index is 0.313. The Hall–Kier alpha value is -3.41. The molecule has 2 aromatic carbocycles. The molecular weight excluding hydrogens is 333 g/mol. The largest absolute Gasteiger partial charge is 0.492 e. The molecule has 0 unspecified atom stereocenters. The first-order valence-electron chi connectivity index (χ1n) is 8.17. The van der Waals surface area contributed by atoms with Gasteiger partial charge in [-0.2, -0.15) is 0 Å². The second-order valence-corrected chi connectivity index (χ2v) is 5.45. The molecule has 0 aliphatic carbocycles. The second-order valence-electron chi connectivity index (χ2n) is 5.45. The van der Waals surface area contributed by atoms with Gasteiger partial charge in [0, 0.05) is 6.20 Å². The van der Waals surface area contributed by atoms with Gasteiger partial charge in [-0.05, 0) is 37.3 Å². The molecule has 0 fully saturated rings. The Labute approximate surface area is 150 Å². The maximum absolute atomic E-state index is 13.8. The Bertz CT molecular complexity index is 915. The van der Waals surface area contributed by atoms with E-state index in [9.17, 15) is 9.18 Å². The van der Waals surface area contributed by atoms with Gasteiger partial charge in [0.05, 0.1) is 35.4 Å². The highest BCUT2D eigenvalue weighted by molar-refractivity contribution is 6.05. The molecule has 2 N–H and O–H groups in total. The first-order valence-corrected chi connectivity index (χ1v) is 8.17. The Kier molecular flexibility index (Phi) is 5.43. The summed E-state index contributed by atoms with van der Waals surface area (Å²) < 4.78 is 19.3. The van der Waals surface area contributed by atoms with Crippen molar-refractivity contribution in [3.63, 3.8) is 0 Å². The van der Waals surface area contributed by atoms with Gasteiger partial charge in [-0.15, -0.1) is 0 Å². The molecule has 0 saturated carbocycles. The number of nitrogens with zero attached hydrogens (tertiary/aromatic N) is 1. The molecule has 6 heteroatoms. The van der Waals surface area contributed by atoms with Crippen molar-refractivity contribution in [2.75, 3.05) is 17.2 Å². The second kappa shape index (κ2) is 8.11. The molecule has 3 rings (SSSR count). The van der Waals surface area contributed by atoms with Crippen LogP contribution >= 0.6 is 0 Å². The molecule has 1 amide bonds. The predicted molar refractivity (Wildman–Crippen MR) is 99.5 cm³/mol. The van der Waals surface area contributed by atoms with E-state index in [1.165, 1.54) is 18.5 Å². The average molecular weight is 351 g/mol. The summed E-state index contributed by atoms with van der Waals surface area (Å²) in [4.78, 5) is 16.6. The van der Waals surface area contributed by atoms with Gasteiger partial charge in [0.25, 0.3) is 5.91 Å². The van der Waals surface area contributed by atoms with E-state index in [2.05, 4.69) is 15.6 Å². The number of hydrogen-bond donors (Lipinski definition) is 2. The van der Waals surface area contributed by atoms with Crippen LogP contribution < -0.4 is 15.4 Å². The first kappa shape index (κ1) is 17.4. The summed E-state index contributed by atoms with van der Waals surface area (Å²) in [5.74, 6) is -0.119. The number of pyridine rings is 1. The van der Waals surface area contributed by atoms with E-state index in [1.807, 2.05) is 19.1 Å². The summed E-state index contributed by atoms with van der Waals surface area (Å²) in [5.41, 5.74) is 1.75. The topological polar surface area (TPSA) is 63.2 Å². The van der Waals surface area contributed by atoms with Gasteiger partial charge in [0.15, 0.2) is 0 Å². The molecule has 0 radical (unpaired) electrons. The first-order chi connectivity index (χ1) is 12.7. The highest BCUT2D eigenvalue weighted by Gasteiger charge is 2.11. The van der Waals surface area contributed by atoms with Crippen LogP contribution in [0.25, 0.3) is 0 Å². The van der Waals surface area contributed by atoms with Crippen molar-refractivity contribution < 1.29 is 13.9 Å². The van der Waals surface area contributed by atoms with E-state index in [4.69, 9.17) is 4.74 Å². The lowest BCUT2D eigenvalue weighted by Crippen LogP contribution is -2.13. The van der Waals surface area contributed by atoms with Crippen LogP contribution in [-0.4, -0.2) is 17.5 Å². The van der Waals surface area contributed by atoms with Crippen molar-refractivity contribution in [3.8, 4) is 5.75 Å². The highest BCUT2D eigenvalue weighted by Crippen LogP contribution is 2.25. The van der Waals surface area contributed by atoms with Crippen molar-refractivity contribution in [3.05, 3.63) is 78.4 Å². The summed E-state index contributed by atoms with van der Waals surface area (Å²) in [5, 5.41) is 5.73. The minimum Gasteiger partial charge on any atom is -0.492 e. The van der Waals surface area contributed by atoms with Crippen molar-refractivity contribution >= 4 is 23.0 Å². The van der Waals surface area contributed by atoms with Crippen LogP contribution in [0.1, 0.15) is 17.3 Å². The molecule has 0 bridgehead atoms. The quantitative estimate of drug-likeness (QED) is 0.680. The number of para-hydroxylation sites is 3. The fourth-order valence-corrected chi connectivity index (χ4v) is 2.40. The smallest absolute Gasteiger partial charge is 0.257 e. The number of aromatic nitrogens is 1. The number of halogens is 1. The van der Waals surface area contributed by atoms with Crippen molar-refractivity contribution in [1.29, 1.82) is 0 Å². The van der Waals surface area contributed by atoms with E-state index in [-0.39, 0.29) is 11.7 Å². The lowest BCUT2D eigenvalue weighted by atomic mass is 10.2. The summed E-state index contributed by atoms with van der Waals surface area (Å²) in [6, 6.07) is 15.1. The third kappa shape index (κ3) is 4.16. The zero-order chi connectivity index (χ0) is 18.4. The molecule has 0 aliphatic heterocycles. The van der Waals surface area contributed by atoms with Gasteiger partial charge < -0.3 is 15.4 Å². The van der Waals surface area contributed by atoms with Crippen LogP contribution in [0.2, 0.25) is 0 Å². The number of amides is 1. The molecule has 0 atom stereocenters. The third-order valence-electron chi connectivity index (χ3n) is 3.59. The maximum Gasteiger partial charge on any atom is 0.257 e. The molecular formula is C20H18FN3O2. The van der Waals surface area contributed by atoms with Crippen molar-refractivity contribution in [1.82, 2.24) is 4.98 Å². The van der Waals surface area contributed by atoms with Crippen LogP contribution in [0, 0.1) is 5.82 Å². The molecule has 26 heavy (non-hydrogen) atoms. The molecule has 5 nitrogen and oxygen atoms in total. The number of rotatable bonds is 6. The van der Waals surface area contributed by atoms with Crippen LogP contribution in [0.15, 0.2) is 67.0 Å². The Balaban J connectivity index is 1.78. The summed E-state index contributed by atoms with van der Waals surface area (Å²) in [6.45, 7) is 2.37. The normalized spacial score (nSPS) is 10.2. The molecule has 3 aromatic rings. The minimum atomic E-state index is -0.381. The molecule has 1 aromatic heterocycles. The summed E-state index contributed by atoms with van der Waals surface area (Å²) in [6.07, 6.45) is 2.97. The number of hydrogen-bond acceptors (Lipinski definition) is 4. The van der Waals surface area contributed by atoms with E-state index in [0.29, 0.717) is 35.0 Å². The van der Waals surface area contributed by atoms with Crippen LogP contribution in [-0.2, 0) is 0 Å². The number of anilines is 3. The van der Waals surface area contributed by atoms with Crippen LogP contribution in [0.3, 0.4) is 0 Å². The number of carbonyl (C=O) groups is 1. The van der Waals surface area contributed by atoms with E-state index >= 15 is 0 Å². The zero-order valence-electron chi connectivity index (χ0n) is 14.2. The van der Waals surface area contributed by atoms with Gasteiger partial charge in [0.1, 0.15) is 11.6 Å². The Morgan fingerprint density at radius 3 is 2.58 bits per heavy atom. The average Bonchev–Trinajstić information content (AvgIpc) is 2.66. The van der Waals surface area contributed by atoms with Crippen molar-refractivity contribution in [2.24, 2.45) is 0 Å². The standard InChI is InChI=1S/C20H18FN3O2/c1-2-26-19-10-6-5-9-18(19)24-20(25)14-11-15(13-22-12-14)23-17-8-4-3-7-16(17)21/h3-13,23H,2H2,1H3,(H,24,25). The Morgan fingerprint density at radius 1 is 1.08 bits per heavy atom. The molecule has 0 saturated heterocycles. The fraction of sp³-hybridized carbons (Fsp3) is 0.100. The molecule has 132 valence electrons. The van der Waals surface area contributed by atoms with E-state index < -0.39 is 0 Å². The van der Waals surface area contributed by atoms with Gasteiger partial charge in [-0.1, -0.05) is 24.3 Å².